The summed E-state index contributed by atoms with van der Waals surface area (Å²) in [4.78, 5) is 16.8. The van der Waals surface area contributed by atoms with Crippen LogP contribution in [0.25, 0.3) is 0 Å². The molecule has 0 spiro atoms. The number of nitrogens with zero attached hydrogens (tertiary/aromatic N) is 2. The molecular formula is C14H25N3O3S. The summed E-state index contributed by atoms with van der Waals surface area (Å²) in [5.41, 5.74) is 0. The number of sulfone groups is 1. The molecular weight excluding hydrogens is 290 g/mol. The monoisotopic (exact) mass is 315 g/mol. The maximum absolute atomic E-state index is 12.4. The van der Waals surface area contributed by atoms with E-state index in [1.807, 2.05) is 4.90 Å². The van der Waals surface area contributed by atoms with E-state index in [2.05, 4.69) is 10.2 Å². The van der Waals surface area contributed by atoms with Crippen LogP contribution in [0, 0.1) is 0 Å². The quantitative estimate of drug-likeness (QED) is 0.821. The summed E-state index contributed by atoms with van der Waals surface area (Å²) in [5, 5.41) is 2.92. The number of hydrogen-bond donors (Lipinski definition) is 1. The maximum Gasteiger partial charge on any atom is 0.317 e. The highest BCUT2D eigenvalue weighted by molar-refractivity contribution is 7.91. The third-order valence-electron chi connectivity index (χ3n) is 4.87. The van der Waals surface area contributed by atoms with Crippen LogP contribution in [0.15, 0.2) is 0 Å². The summed E-state index contributed by atoms with van der Waals surface area (Å²) in [6.45, 7) is 4.06. The van der Waals surface area contributed by atoms with Gasteiger partial charge in [-0.1, -0.05) is 0 Å². The Morgan fingerprint density at radius 3 is 2.52 bits per heavy atom. The average molecular weight is 315 g/mol. The second-order valence-electron chi connectivity index (χ2n) is 6.55. The van der Waals surface area contributed by atoms with Gasteiger partial charge in [0.25, 0.3) is 0 Å². The van der Waals surface area contributed by atoms with Gasteiger partial charge in [-0.25, -0.2) is 13.2 Å². The molecule has 0 aromatic heterocycles. The molecule has 21 heavy (non-hydrogen) atoms. The molecule has 3 aliphatic rings. The zero-order chi connectivity index (χ0) is 14.9. The topological polar surface area (TPSA) is 69.7 Å². The molecule has 3 rings (SSSR count). The highest BCUT2D eigenvalue weighted by Gasteiger charge is 2.34. The molecule has 120 valence electrons. The number of carbonyl (C=O) groups is 1. The van der Waals surface area contributed by atoms with Crippen LogP contribution in [0.4, 0.5) is 4.79 Å². The van der Waals surface area contributed by atoms with Crippen LogP contribution < -0.4 is 5.32 Å². The van der Waals surface area contributed by atoms with Gasteiger partial charge < -0.3 is 15.1 Å². The fraction of sp³-hybridized carbons (Fsp3) is 0.929. The van der Waals surface area contributed by atoms with Crippen molar-refractivity contribution in [3.05, 3.63) is 0 Å². The summed E-state index contributed by atoms with van der Waals surface area (Å²) in [6.07, 6.45) is 5.19. The Morgan fingerprint density at radius 1 is 1.10 bits per heavy atom. The highest BCUT2D eigenvalue weighted by Crippen LogP contribution is 2.21. The van der Waals surface area contributed by atoms with Crippen molar-refractivity contribution in [2.75, 3.05) is 37.7 Å². The van der Waals surface area contributed by atoms with Gasteiger partial charge in [-0.3, -0.25) is 0 Å². The fourth-order valence-corrected chi connectivity index (χ4v) is 5.40. The first-order chi connectivity index (χ1) is 10.0. The summed E-state index contributed by atoms with van der Waals surface area (Å²) in [6, 6.07) is 0.0236. The lowest BCUT2D eigenvalue weighted by atomic mass is 10.2. The number of nitrogens with one attached hydrogen (secondary N) is 1. The van der Waals surface area contributed by atoms with Crippen molar-refractivity contribution < 1.29 is 13.2 Å². The van der Waals surface area contributed by atoms with Gasteiger partial charge >= 0.3 is 6.03 Å². The molecule has 6 nitrogen and oxygen atoms in total. The van der Waals surface area contributed by atoms with Gasteiger partial charge in [0.1, 0.15) is 0 Å². The number of carbonyl (C=O) groups excluding carboxylic acids is 1. The number of urea groups is 1. The summed E-state index contributed by atoms with van der Waals surface area (Å²) >= 11 is 0. The minimum atomic E-state index is -2.94. The van der Waals surface area contributed by atoms with Gasteiger partial charge in [-0.2, -0.15) is 0 Å². The molecule has 0 saturated carbocycles. The maximum atomic E-state index is 12.4. The average Bonchev–Trinajstić information content (AvgIpc) is 3.12. The Kier molecular flexibility index (Phi) is 4.40. The number of amides is 2. The van der Waals surface area contributed by atoms with E-state index in [0.717, 1.165) is 39.0 Å². The van der Waals surface area contributed by atoms with E-state index in [1.165, 1.54) is 12.8 Å². The van der Waals surface area contributed by atoms with E-state index in [-0.39, 0.29) is 23.6 Å². The third kappa shape index (κ3) is 3.69. The van der Waals surface area contributed by atoms with Crippen LogP contribution in [0.1, 0.15) is 32.1 Å². The molecule has 0 radical (unpaired) electrons. The first-order valence-electron chi connectivity index (χ1n) is 8.03. The van der Waals surface area contributed by atoms with Crippen LogP contribution in [0.5, 0.6) is 0 Å². The van der Waals surface area contributed by atoms with E-state index in [9.17, 15) is 13.2 Å². The molecule has 1 N–H and O–H groups in total. The van der Waals surface area contributed by atoms with E-state index >= 15 is 0 Å². The molecule has 3 heterocycles. The highest BCUT2D eigenvalue weighted by atomic mass is 32.2. The van der Waals surface area contributed by atoms with Crippen LogP contribution in [0.3, 0.4) is 0 Å². The molecule has 0 aliphatic carbocycles. The van der Waals surface area contributed by atoms with E-state index < -0.39 is 9.84 Å². The molecule has 0 unspecified atom stereocenters. The van der Waals surface area contributed by atoms with Crippen molar-refractivity contribution in [3.63, 3.8) is 0 Å². The van der Waals surface area contributed by atoms with E-state index in [4.69, 9.17) is 0 Å². The van der Waals surface area contributed by atoms with Crippen LogP contribution >= 0.6 is 0 Å². The largest absolute Gasteiger partial charge is 0.334 e. The summed E-state index contributed by atoms with van der Waals surface area (Å²) in [7, 11) is -2.94. The van der Waals surface area contributed by atoms with Crippen molar-refractivity contribution in [1.82, 2.24) is 15.1 Å². The molecule has 0 bridgehead atoms. The Balaban J connectivity index is 1.53. The molecule has 0 aromatic rings. The smallest absolute Gasteiger partial charge is 0.317 e. The SMILES string of the molecule is O=C(N[C@H]1CCS(=O)(=O)C1)N1CCC[C@H]1CN1CCCC1. The lowest BCUT2D eigenvalue weighted by Gasteiger charge is -2.29. The predicted octanol–water partition coefficient (Wildman–Crippen LogP) is 0.443. The van der Waals surface area contributed by atoms with Crippen molar-refractivity contribution >= 4 is 15.9 Å². The molecule has 3 aliphatic heterocycles. The minimum Gasteiger partial charge on any atom is -0.334 e. The van der Waals surface area contributed by atoms with Crippen LogP contribution in [-0.2, 0) is 9.84 Å². The lowest BCUT2D eigenvalue weighted by molar-refractivity contribution is 0.172. The van der Waals surface area contributed by atoms with Gasteiger partial charge in [0.05, 0.1) is 11.5 Å². The van der Waals surface area contributed by atoms with Gasteiger partial charge in [-0.15, -0.1) is 0 Å². The predicted molar refractivity (Wildman–Crippen MR) is 81.0 cm³/mol. The molecule has 2 amide bonds. The second-order valence-corrected chi connectivity index (χ2v) is 8.78. The van der Waals surface area contributed by atoms with Crippen LogP contribution in [-0.4, -0.2) is 74.0 Å². The lowest BCUT2D eigenvalue weighted by Crippen LogP contribution is -2.50. The summed E-state index contributed by atoms with van der Waals surface area (Å²) < 4.78 is 22.9. The Hall–Kier alpha value is -0.820. The number of hydrogen-bond acceptors (Lipinski definition) is 4. The van der Waals surface area contributed by atoms with Crippen LogP contribution in [0.2, 0.25) is 0 Å². The first kappa shape index (κ1) is 15.1. The molecule has 3 fully saturated rings. The third-order valence-corrected chi connectivity index (χ3v) is 6.63. The van der Waals surface area contributed by atoms with Crippen molar-refractivity contribution in [3.8, 4) is 0 Å². The van der Waals surface area contributed by atoms with Gasteiger partial charge in [-0.05, 0) is 45.2 Å². The van der Waals surface area contributed by atoms with Gasteiger partial charge in [0, 0.05) is 25.2 Å². The Morgan fingerprint density at radius 2 is 1.86 bits per heavy atom. The van der Waals surface area contributed by atoms with Crippen molar-refractivity contribution in [2.24, 2.45) is 0 Å². The molecule has 7 heteroatoms. The van der Waals surface area contributed by atoms with Crippen molar-refractivity contribution in [1.29, 1.82) is 0 Å². The molecule has 3 saturated heterocycles. The Bertz CT molecular complexity index is 488. The van der Waals surface area contributed by atoms with E-state index in [1.54, 1.807) is 0 Å². The van der Waals surface area contributed by atoms with E-state index in [0.29, 0.717) is 12.5 Å². The normalized spacial score (nSPS) is 32.7. The van der Waals surface area contributed by atoms with Gasteiger partial charge in [0.15, 0.2) is 9.84 Å². The first-order valence-corrected chi connectivity index (χ1v) is 9.85. The number of rotatable bonds is 3. The number of likely N-dealkylation sites (tertiary alicyclic amines) is 2. The minimum absolute atomic E-state index is 0.0706. The van der Waals surface area contributed by atoms with Gasteiger partial charge in [0.2, 0.25) is 0 Å². The standard InChI is InChI=1S/C14H25N3O3S/c18-14(15-12-5-9-21(19,20)11-12)17-8-3-4-13(17)10-16-6-1-2-7-16/h12-13H,1-11H2,(H,15,18)/t12-,13-/m0/s1. The molecule has 2 atom stereocenters. The second kappa shape index (κ2) is 6.12. The summed E-state index contributed by atoms with van der Waals surface area (Å²) in [5.74, 6) is 0.304. The molecule has 0 aromatic carbocycles. The Labute approximate surface area is 126 Å². The van der Waals surface area contributed by atoms with Crippen molar-refractivity contribution in [2.45, 2.75) is 44.2 Å². The zero-order valence-electron chi connectivity index (χ0n) is 12.5. The fourth-order valence-electron chi connectivity index (χ4n) is 3.72. The zero-order valence-corrected chi connectivity index (χ0v) is 13.3.